The van der Waals surface area contributed by atoms with Crippen molar-refractivity contribution in [2.45, 2.75) is 6.54 Å². The van der Waals surface area contributed by atoms with E-state index in [9.17, 15) is 4.79 Å². The normalized spacial score (nSPS) is 11.1. The third-order valence-electron chi connectivity index (χ3n) is 4.10. The first-order valence-electron chi connectivity index (χ1n) is 7.75. The van der Waals surface area contributed by atoms with Gasteiger partial charge in [0.2, 0.25) is 0 Å². The average Bonchev–Trinajstić information content (AvgIpc) is 3.33. The van der Waals surface area contributed by atoms with Gasteiger partial charge in [0.25, 0.3) is 5.91 Å². The van der Waals surface area contributed by atoms with Crippen LogP contribution >= 0.6 is 11.7 Å². The van der Waals surface area contributed by atoms with Crippen LogP contribution in [-0.4, -0.2) is 41.4 Å². The van der Waals surface area contributed by atoms with Crippen LogP contribution < -0.4 is 0 Å². The molecule has 7 nitrogen and oxygen atoms in total. The predicted octanol–water partition coefficient (Wildman–Crippen LogP) is 2.69. The number of amides is 1. The van der Waals surface area contributed by atoms with Crippen LogP contribution in [0.3, 0.4) is 0 Å². The summed E-state index contributed by atoms with van der Waals surface area (Å²) in [4.78, 5) is 14.3. The second kappa shape index (κ2) is 6.14. The maximum absolute atomic E-state index is 12.7. The molecule has 0 fully saturated rings. The second-order valence-electron chi connectivity index (χ2n) is 5.92. The molecule has 25 heavy (non-hydrogen) atoms. The minimum Gasteiger partial charge on any atom is -0.349 e. The number of benzene rings is 1. The van der Waals surface area contributed by atoms with Crippen LogP contribution in [0.1, 0.15) is 16.1 Å². The van der Waals surface area contributed by atoms with Gasteiger partial charge in [0.15, 0.2) is 0 Å². The SMILES string of the molecule is CN(Cc1ccc2nsnc2c1)C(=O)c1cc(-c2cccn2C)n[nH]1. The Morgan fingerprint density at radius 1 is 1.24 bits per heavy atom. The number of nitrogens with zero attached hydrogens (tertiary/aromatic N) is 5. The van der Waals surface area contributed by atoms with E-state index in [0.29, 0.717) is 12.2 Å². The molecule has 3 aromatic heterocycles. The molecule has 1 aromatic carbocycles. The van der Waals surface area contributed by atoms with Gasteiger partial charge in [-0.15, -0.1) is 0 Å². The van der Waals surface area contributed by atoms with E-state index in [4.69, 9.17) is 0 Å². The maximum atomic E-state index is 12.7. The summed E-state index contributed by atoms with van der Waals surface area (Å²) in [5.41, 5.74) is 4.92. The number of aromatic nitrogens is 5. The van der Waals surface area contributed by atoms with Gasteiger partial charge in [0.05, 0.1) is 17.4 Å². The Kier molecular flexibility index (Phi) is 3.81. The topological polar surface area (TPSA) is 79.7 Å². The Labute approximate surface area is 148 Å². The van der Waals surface area contributed by atoms with E-state index < -0.39 is 0 Å². The van der Waals surface area contributed by atoms with Gasteiger partial charge >= 0.3 is 0 Å². The second-order valence-corrected chi connectivity index (χ2v) is 6.45. The van der Waals surface area contributed by atoms with Crippen molar-refractivity contribution in [3.63, 3.8) is 0 Å². The van der Waals surface area contributed by atoms with Gasteiger partial charge in [-0.25, -0.2) is 0 Å². The van der Waals surface area contributed by atoms with Crippen molar-refractivity contribution < 1.29 is 4.79 Å². The number of aromatic amines is 1. The lowest BCUT2D eigenvalue weighted by Crippen LogP contribution is -2.26. The highest BCUT2D eigenvalue weighted by molar-refractivity contribution is 7.00. The molecule has 1 amide bonds. The molecular formula is C17H16N6OS. The zero-order chi connectivity index (χ0) is 17.4. The Hall–Kier alpha value is -3.00. The van der Waals surface area contributed by atoms with Crippen LogP contribution in [0.5, 0.6) is 0 Å². The van der Waals surface area contributed by atoms with Crippen molar-refractivity contribution in [3.05, 3.63) is 53.9 Å². The number of H-pyrrole nitrogens is 1. The summed E-state index contributed by atoms with van der Waals surface area (Å²) < 4.78 is 10.4. The molecule has 0 saturated heterocycles. The van der Waals surface area contributed by atoms with Gasteiger partial charge in [-0.1, -0.05) is 6.07 Å². The van der Waals surface area contributed by atoms with Crippen LogP contribution in [0.15, 0.2) is 42.6 Å². The Morgan fingerprint density at radius 2 is 2.08 bits per heavy atom. The number of hydrogen-bond acceptors (Lipinski definition) is 5. The lowest BCUT2D eigenvalue weighted by molar-refractivity contribution is 0.0779. The number of carbonyl (C=O) groups excluding carboxylic acids is 1. The molecule has 0 aliphatic carbocycles. The highest BCUT2D eigenvalue weighted by Crippen LogP contribution is 2.19. The molecule has 0 spiro atoms. The molecule has 4 aromatic rings. The van der Waals surface area contributed by atoms with Crippen molar-refractivity contribution in [1.82, 2.24) is 28.4 Å². The summed E-state index contributed by atoms with van der Waals surface area (Å²) in [6.45, 7) is 0.491. The van der Waals surface area contributed by atoms with E-state index in [1.54, 1.807) is 18.0 Å². The quantitative estimate of drug-likeness (QED) is 0.612. The van der Waals surface area contributed by atoms with Gasteiger partial charge < -0.3 is 9.47 Å². The lowest BCUT2D eigenvalue weighted by atomic mass is 10.2. The number of nitrogens with one attached hydrogen (secondary N) is 1. The first kappa shape index (κ1) is 15.5. The summed E-state index contributed by atoms with van der Waals surface area (Å²) in [5.74, 6) is -0.107. The molecular weight excluding hydrogens is 336 g/mol. The van der Waals surface area contributed by atoms with Gasteiger partial charge in [-0.3, -0.25) is 9.89 Å². The fourth-order valence-corrected chi connectivity index (χ4v) is 3.28. The zero-order valence-electron chi connectivity index (χ0n) is 13.8. The smallest absolute Gasteiger partial charge is 0.271 e. The number of rotatable bonds is 4. The van der Waals surface area contributed by atoms with Gasteiger partial charge in [-0.05, 0) is 35.9 Å². The van der Waals surface area contributed by atoms with E-state index >= 15 is 0 Å². The van der Waals surface area contributed by atoms with E-state index in [1.165, 1.54) is 11.7 Å². The molecule has 0 unspecified atom stereocenters. The average molecular weight is 352 g/mol. The largest absolute Gasteiger partial charge is 0.349 e. The molecule has 0 saturated carbocycles. The summed E-state index contributed by atoms with van der Waals surface area (Å²) in [6, 6.07) is 11.5. The lowest BCUT2D eigenvalue weighted by Gasteiger charge is -2.16. The van der Waals surface area contributed by atoms with E-state index in [0.717, 1.165) is 28.0 Å². The Bertz CT molecular complexity index is 1050. The third-order valence-corrected chi connectivity index (χ3v) is 4.66. The third kappa shape index (κ3) is 2.91. The molecule has 0 atom stereocenters. The molecule has 8 heteroatoms. The highest BCUT2D eigenvalue weighted by atomic mass is 32.1. The zero-order valence-corrected chi connectivity index (χ0v) is 14.6. The minimum atomic E-state index is -0.107. The van der Waals surface area contributed by atoms with Crippen LogP contribution in [0.25, 0.3) is 22.4 Å². The summed E-state index contributed by atoms with van der Waals surface area (Å²) >= 11 is 1.19. The fraction of sp³-hybridized carbons (Fsp3) is 0.176. The Morgan fingerprint density at radius 3 is 2.88 bits per heavy atom. The van der Waals surface area contributed by atoms with Gasteiger partial charge in [0, 0.05) is 26.8 Å². The summed E-state index contributed by atoms with van der Waals surface area (Å²) in [6.07, 6.45) is 1.95. The van der Waals surface area contributed by atoms with E-state index in [-0.39, 0.29) is 5.91 Å². The number of fused-ring (bicyclic) bond motifs is 1. The first-order valence-corrected chi connectivity index (χ1v) is 8.48. The molecule has 0 aliphatic heterocycles. The van der Waals surface area contributed by atoms with Crippen molar-refractivity contribution >= 4 is 28.7 Å². The molecule has 0 aliphatic rings. The van der Waals surface area contributed by atoms with Crippen LogP contribution in [0, 0.1) is 0 Å². The molecule has 3 heterocycles. The standard InChI is InChI=1S/C17H16N6OS/c1-22-7-3-4-16(22)14-9-15(19-18-14)17(24)23(2)10-11-5-6-12-13(8-11)21-25-20-12/h3-9H,10H2,1-2H3,(H,18,19). The van der Waals surface area contributed by atoms with Crippen molar-refractivity contribution in [1.29, 1.82) is 0 Å². The molecule has 0 bridgehead atoms. The summed E-state index contributed by atoms with van der Waals surface area (Å²) in [5, 5.41) is 7.09. The molecule has 4 rings (SSSR count). The van der Waals surface area contributed by atoms with Crippen LogP contribution in [-0.2, 0) is 13.6 Å². The van der Waals surface area contributed by atoms with E-state index in [1.807, 2.05) is 48.1 Å². The van der Waals surface area contributed by atoms with Crippen molar-refractivity contribution in [3.8, 4) is 11.4 Å². The first-order chi connectivity index (χ1) is 12.1. The Balaban J connectivity index is 1.52. The number of hydrogen-bond donors (Lipinski definition) is 1. The van der Waals surface area contributed by atoms with E-state index in [2.05, 4.69) is 18.9 Å². The van der Waals surface area contributed by atoms with Crippen molar-refractivity contribution in [2.24, 2.45) is 7.05 Å². The predicted molar refractivity (Wildman–Crippen MR) is 96.2 cm³/mol. The molecule has 126 valence electrons. The molecule has 0 radical (unpaired) electrons. The van der Waals surface area contributed by atoms with Crippen molar-refractivity contribution in [2.75, 3.05) is 7.05 Å². The van der Waals surface area contributed by atoms with Crippen LogP contribution in [0.2, 0.25) is 0 Å². The maximum Gasteiger partial charge on any atom is 0.271 e. The summed E-state index contributed by atoms with van der Waals surface area (Å²) in [7, 11) is 3.72. The highest BCUT2D eigenvalue weighted by Gasteiger charge is 2.17. The fourth-order valence-electron chi connectivity index (χ4n) is 2.77. The number of carbonyl (C=O) groups is 1. The van der Waals surface area contributed by atoms with Gasteiger partial charge in [-0.2, -0.15) is 13.8 Å². The van der Waals surface area contributed by atoms with Gasteiger partial charge in [0.1, 0.15) is 22.4 Å². The van der Waals surface area contributed by atoms with Crippen LogP contribution in [0.4, 0.5) is 0 Å². The minimum absolute atomic E-state index is 0.107. The monoisotopic (exact) mass is 352 g/mol. The molecule has 1 N–H and O–H groups in total. The number of aryl methyl sites for hydroxylation is 1.